The number of para-hydroxylation sites is 1. The maximum Gasteiger partial charge on any atom is 0.225 e. The fourth-order valence-corrected chi connectivity index (χ4v) is 3.48. The quantitative estimate of drug-likeness (QED) is 0.799. The minimum Gasteiger partial charge on any atom is -0.326 e. The molecular weight excluding hydrogens is 284 g/mol. The molecule has 0 saturated heterocycles. The average molecular weight is 316 g/mol. The van der Waals surface area contributed by atoms with E-state index in [-0.39, 0.29) is 11.9 Å². The van der Waals surface area contributed by atoms with E-state index in [0.717, 1.165) is 11.6 Å². The van der Waals surface area contributed by atoms with Gasteiger partial charge in [0.1, 0.15) is 0 Å². The predicted octanol–water partition coefficient (Wildman–Crippen LogP) is 4.70. The minimum absolute atomic E-state index is 0.0993. The van der Waals surface area contributed by atoms with E-state index in [4.69, 9.17) is 0 Å². The summed E-state index contributed by atoms with van der Waals surface area (Å²) in [5, 5.41) is 6.72. The number of hydrogen-bond donors (Lipinski definition) is 2. The maximum atomic E-state index is 12.3. The zero-order chi connectivity index (χ0) is 16.8. The lowest BCUT2D eigenvalue weighted by atomic mass is 9.87. The first kappa shape index (κ1) is 18.0. The van der Waals surface area contributed by atoms with Gasteiger partial charge in [-0.25, -0.2) is 0 Å². The summed E-state index contributed by atoms with van der Waals surface area (Å²) >= 11 is 0. The summed E-state index contributed by atoms with van der Waals surface area (Å²) < 4.78 is 0. The molecule has 1 saturated carbocycles. The van der Waals surface area contributed by atoms with Gasteiger partial charge in [0, 0.05) is 24.2 Å². The van der Waals surface area contributed by atoms with Gasteiger partial charge in [0.05, 0.1) is 0 Å². The predicted molar refractivity (Wildman–Crippen MR) is 97.8 cm³/mol. The summed E-state index contributed by atoms with van der Waals surface area (Å²) in [6.45, 7) is 8.75. The molecule has 0 radical (unpaired) electrons. The molecule has 3 heteroatoms. The monoisotopic (exact) mass is 316 g/mol. The zero-order valence-electron chi connectivity index (χ0n) is 15.1. The van der Waals surface area contributed by atoms with Crippen molar-refractivity contribution in [1.29, 1.82) is 0 Å². The summed E-state index contributed by atoms with van der Waals surface area (Å²) in [7, 11) is 0. The number of hydrogen-bond acceptors (Lipinski definition) is 2. The van der Waals surface area contributed by atoms with E-state index >= 15 is 0 Å². The van der Waals surface area contributed by atoms with Crippen LogP contribution in [0.3, 0.4) is 0 Å². The highest BCUT2D eigenvalue weighted by Crippen LogP contribution is 2.25. The van der Waals surface area contributed by atoms with E-state index in [2.05, 4.69) is 44.4 Å². The number of nitrogens with one attached hydrogen (secondary N) is 2. The van der Waals surface area contributed by atoms with Gasteiger partial charge in [-0.3, -0.25) is 4.79 Å². The molecule has 1 aromatic carbocycles. The molecule has 0 spiro atoms. The molecular formula is C20H32N2O. The van der Waals surface area contributed by atoms with Crippen molar-refractivity contribution < 1.29 is 4.79 Å². The molecule has 3 nitrogen and oxygen atoms in total. The van der Waals surface area contributed by atoms with Crippen molar-refractivity contribution in [3.63, 3.8) is 0 Å². The van der Waals surface area contributed by atoms with Crippen molar-refractivity contribution in [2.75, 3.05) is 5.32 Å². The Morgan fingerprint density at radius 1 is 1.13 bits per heavy atom. The zero-order valence-corrected chi connectivity index (χ0v) is 15.1. The number of rotatable bonds is 6. The second-order valence-electron chi connectivity index (χ2n) is 7.52. The fourth-order valence-electron chi connectivity index (χ4n) is 3.48. The number of anilines is 1. The van der Waals surface area contributed by atoms with E-state index in [1.807, 2.05) is 18.2 Å². The SMILES string of the molecule is CC1CCC(NC(C)CC(=O)Nc2ccccc2C(C)C)CC1. The molecule has 1 aliphatic rings. The third-order valence-electron chi connectivity index (χ3n) is 4.88. The molecule has 1 aliphatic carbocycles. The molecule has 2 rings (SSSR count). The summed E-state index contributed by atoms with van der Waals surface area (Å²) in [5.74, 6) is 1.37. The highest BCUT2D eigenvalue weighted by atomic mass is 16.1. The van der Waals surface area contributed by atoms with Crippen molar-refractivity contribution in [3.8, 4) is 0 Å². The van der Waals surface area contributed by atoms with Crippen molar-refractivity contribution in [2.24, 2.45) is 5.92 Å². The molecule has 0 aliphatic heterocycles. The second kappa shape index (κ2) is 8.49. The fraction of sp³-hybridized carbons (Fsp3) is 0.650. The molecule has 0 bridgehead atoms. The van der Waals surface area contributed by atoms with Crippen LogP contribution < -0.4 is 10.6 Å². The number of amides is 1. The molecule has 1 atom stereocenters. The highest BCUT2D eigenvalue weighted by molar-refractivity contribution is 5.91. The van der Waals surface area contributed by atoms with Gasteiger partial charge in [-0.05, 0) is 56.1 Å². The van der Waals surface area contributed by atoms with Crippen LogP contribution in [-0.2, 0) is 4.79 Å². The van der Waals surface area contributed by atoms with Crippen LogP contribution in [0.5, 0.6) is 0 Å². The third-order valence-corrected chi connectivity index (χ3v) is 4.88. The van der Waals surface area contributed by atoms with E-state index in [0.29, 0.717) is 18.4 Å². The first-order chi connectivity index (χ1) is 11.0. The van der Waals surface area contributed by atoms with E-state index in [9.17, 15) is 4.79 Å². The van der Waals surface area contributed by atoms with Crippen LogP contribution in [0.1, 0.15) is 71.3 Å². The lowest BCUT2D eigenvalue weighted by molar-refractivity contribution is -0.116. The normalized spacial score (nSPS) is 22.8. The summed E-state index contributed by atoms with van der Waals surface area (Å²) in [4.78, 5) is 12.3. The molecule has 1 unspecified atom stereocenters. The molecule has 23 heavy (non-hydrogen) atoms. The van der Waals surface area contributed by atoms with E-state index < -0.39 is 0 Å². The Morgan fingerprint density at radius 3 is 2.43 bits per heavy atom. The number of benzene rings is 1. The Hall–Kier alpha value is -1.35. The third kappa shape index (κ3) is 5.65. The second-order valence-corrected chi connectivity index (χ2v) is 7.52. The molecule has 1 fully saturated rings. The van der Waals surface area contributed by atoms with Crippen molar-refractivity contribution >= 4 is 11.6 Å². The van der Waals surface area contributed by atoms with Crippen LogP contribution in [-0.4, -0.2) is 18.0 Å². The first-order valence-corrected chi connectivity index (χ1v) is 9.10. The van der Waals surface area contributed by atoms with E-state index in [1.54, 1.807) is 0 Å². The summed E-state index contributed by atoms with van der Waals surface area (Å²) in [6.07, 6.45) is 5.61. The van der Waals surface area contributed by atoms with E-state index in [1.165, 1.54) is 31.2 Å². The summed E-state index contributed by atoms with van der Waals surface area (Å²) in [6, 6.07) is 8.89. The van der Waals surface area contributed by atoms with Gasteiger partial charge in [-0.15, -0.1) is 0 Å². The van der Waals surface area contributed by atoms with Crippen LogP contribution in [0.2, 0.25) is 0 Å². The molecule has 1 amide bonds. The molecule has 128 valence electrons. The average Bonchev–Trinajstić information content (AvgIpc) is 2.49. The van der Waals surface area contributed by atoms with Gasteiger partial charge in [-0.1, -0.05) is 39.0 Å². The van der Waals surface area contributed by atoms with Crippen molar-refractivity contribution in [1.82, 2.24) is 5.32 Å². The molecule has 0 aromatic heterocycles. The summed E-state index contributed by atoms with van der Waals surface area (Å²) in [5.41, 5.74) is 2.15. The Bertz CT molecular complexity index is 504. The van der Waals surface area contributed by atoms with Crippen LogP contribution in [0.15, 0.2) is 24.3 Å². The molecule has 2 N–H and O–H groups in total. The highest BCUT2D eigenvalue weighted by Gasteiger charge is 2.20. The van der Waals surface area contributed by atoms with Gasteiger partial charge in [0.25, 0.3) is 0 Å². The Balaban J connectivity index is 1.82. The first-order valence-electron chi connectivity index (χ1n) is 9.10. The lowest BCUT2D eigenvalue weighted by Crippen LogP contribution is -2.40. The van der Waals surface area contributed by atoms with Crippen molar-refractivity contribution in [2.45, 2.75) is 77.8 Å². The smallest absolute Gasteiger partial charge is 0.225 e. The van der Waals surface area contributed by atoms with Crippen LogP contribution in [0.4, 0.5) is 5.69 Å². The Kier molecular flexibility index (Phi) is 6.64. The Labute approximate surface area is 141 Å². The van der Waals surface area contributed by atoms with Crippen LogP contribution in [0.25, 0.3) is 0 Å². The molecule has 0 heterocycles. The largest absolute Gasteiger partial charge is 0.326 e. The maximum absolute atomic E-state index is 12.3. The van der Waals surface area contributed by atoms with Gasteiger partial charge in [-0.2, -0.15) is 0 Å². The Morgan fingerprint density at radius 2 is 1.78 bits per heavy atom. The number of carbonyl (C=O) groups is 1. The minimum atomic E-state index is 0.0993. The molecule has 1 aromatic rings. The topological polar surface area (TPSA) is 41.1 Å². The standard InChI is InChI=1S/C20H32N2O/c1-14(2)18-7-5-6-8-19(18)22-20(23)13-16(4)21-17-11-9-15(3)10-12-17/h5-8,14-17,21H,9-13H2,1-4H3,(H,22,23). The number of carbonyl (C=O) groups excluding carboxylic acids is 1. The van der Waals surface area contributed by atoms with Crippen LogP contribution >= 0.6 is 0 Å². The van der Waals surface area contributed by atoms with Gasteiger partial charge < -0.3 is 10.6 Å². The van der Waals surface area contributed by atoms with Crippen LogP contribution in [0, 0.1) is 5.92 Å². The lowest BCUT2D eigenvalue weighted by Gasteiger charge is -2.29. The van der Waals surface area contributed by atoms with Gasteiger partial charge in [0.15, 0.2) is 0 Å². The van der Waals surface area contributed by atoms with Crippen molar-refractivity contribution in [3.05, 3.63) is 29.8 Å². The van der Waals surface area contributed by atoms with Gasteiger partial charge >= 0.3 is 0 Å². The van der Waals surface area contributed by atoms with Gasteiger partial charge in [0.2, 0.25) is 5.91 Å².